The SMILES string of the molecule is CC1(C)C(NC2CCCC2CO)C2CCOC21. The number of aliphatic hydroxyl groups excluding tert-OH is 1. The topological polar surface area (TPSA) is 41.5 Å². The van der Waals surface area contributed by atoms with Crippen LogP contribution in [0.5, 0.6) is 0 Å². The van der Waals surface area contributed by atoms with Gasteiger partial charge >= 0.3 is 0 Å². The minimum absolute atomic E-state index is 0.268. The Balaban J connectivity index is 1.65. The molecule has 98 valence electrons. The lowest BCUT2D eigenvalue weighted by Crippen LogP contribution is -2.67. The van der Waals surface area contributed by atoms with Gasteiger partial charge in [0.2, 0.25) is 0 Å². The van der Waals surface area contributed by atoms with Crippen molar-refractivity contribution in [1.29, 1.82) is 0 Å². The first kappa shape index (κ1) is 11.9. The molecule has 0 aromatic carbocycles. The van der Waals surface area contributed by atoms with Crippen LogP contribution >= 0.6 is 0 Å². The summed E-state index contributed by atoms with van der Waals surface area (Å²) in [6.45, 7) is 5.92. The van der Waals surface area contributed by atoms with Gasteiger partial charge in [-0.15, -0.1) is 0 Å². The van der Waals surface area contributed by atoms with Crippen molar-refractivity contribution in [3.05, 3.63) is 0 Å². The van der Waals surface area contributed by atoms with E-state index >= 15 is 0 Å². The van der Waals surface area contributed by atoms with Crippen LogP contribution in [0, 0.1) is 17.3 Å². The van der Waals surface area contributed by atoms with E-state index in [4.69, 9.17) is 4.74 Å². The maximum Gasteiger partial charge on any atom is 0.0685 e. The molecule has 3 nitrogen and oxygen atoms in total. The number of hydrogen-bond acceptors (Lipinski definition) is 3. The van der Waals surface area contributed by atoms with Crippen molar-refractivity contribution in [2.45, 2.75) is 57.7 Å². The highest BCUT2D eigenvalue weighted by molar-refractivity contribution is 5.12. The smallest absolute Gasteiger partial charge is 0.0685 e. The van der Waals surface area contributed by atoms with Crippen molar-refractivity contribution in [3.63, 3.8) is 0 Å². The highest BCUT2D eigenvalue weighted by atomic mass is 16.5. The van der Waals surface area contributed by atoms with Crippen LogP contribution in [0.1, 0.15) is 39.5 Å². The van der Waals surface area contributed by atoms with Crippen LogP contribution < -0.4 is 5.32 Å². The molecule has 17 heavy (non-hydrogen) atoms. The number of ether oxygens (including phenoxy) is 1. The molecule has 3 fully saturated rings. The summed E-state index contributed by atoms with van der Waals surface area (Å²) < 4.78 is 5.83. The second-order valence-corrected chi connectivity index (χ2v) is 6.69. The van der Waals surface area contributed by atoms with Gasteiger partial charge in [-0.25, -0.2) is 0 Å². The van der Waals surface area contributed by atoms with E-state index in [0.29, 0.717) is 36.6 Å². The maximum atomic E-state index is 9.39. The van der Waals surface area contributed by atoms with E-state index in [1.54, 1.807) is 0 Å². The summed E-state index contributed by atoms with van der Waals surface area (Å²) in [6.07, 6.45) is 5.36. The highest BCUT2D eigenvalue weighted by Crippen LogP contribution is 2.52. The lowest BCUT2D eigenvalue weighted by Gasteiger charge is -2.56. The van der Waals surface area contributed by atoms with Crippen LogP contribution in [-0.4, -0.2) is 36.5 Å². The van der Waals surface area contributed by atoms with Crippen LogP contribution in [-0.2, 0) is 4.74 Å². The van der Waals surface area contributed by atoms with Crippen molar-refractivity contribution in [2.75, 3.05) is 13.2 Å². The Labute approximate surface area is 104 Å². The van der Waals surface area contributed by atoms with Crippen LogP contribution in [0.2, 0.25) is 0 Å². The van der Waals surface area contributed by atoms with Gasteiger partial charge in [0.15, 0.2) is 0 Å². The first-order valence-corrected chi connectivity index (χ1v) is 7.13. The van der Waals surface area contributed by atoms with Crippen LogP contribution in [0.4, 0.5) is 0 Å². The monoisotopic (exact) mass is 239 g/mol. The summed E-state index contributed by atoms with van der Waals surface area (Å²) in [7, 11) is 0. The Kier molecular flexibility index (Phi) is 2.96. The minimum atomic E-state index is 0.268. The van der Waals surface area contributed by atoms with Gasteiger partial charge in [-0.05, 0) is 25.2 Å². The predicted molar refractivity (Wildman–Crippen MR) is 66.8 cm³/mol. The largest absolute Gasteiger partial charge is 0.396 e. The predicted octanol–water partition coefficient (Wildman–Crippen LogP) is 1.55. The first-order valence-electron chi connectivity index (χ1n) is 7.13. The molecule has 1 aliphatic heterocycles. The molecule has 0 spiro atoms. The maximum absolute atomic E-state index is 9.39. The molecule has 0 radical (unpaired) electrons. The normalized spacial score (nSPS) is 47.8. The van der Waals surface area contributed by atoms with Crippen LogP contribution in [0.25, 0.3) is 0 Å². The van der Waals surface area contributed by atoms with E-state index in [9.17, 15) is 5.11 Å². The van der Waals surface area contributed by atoms with Crippen molar-refractivity contribution in [2.24, 2.45) is 17.3 Å². The zero-order chi connectivity index (χ0) is 12.0. The van der Waals surface area contributed by atoms with Gasteiger partial charge in [-0.3, -0.25) is 0 Å². The molecule has 2 N–H and O–H groups in total. The molecule has 0 aromatic heterocycles. The van der Waals surface area contributed by atoms with Crippen molar-refractivity contribution in [1.82, 2.24) is 5.32 Å². The molecular formula is C14H25NO2. The third kappa shape index (κ3) is 1.74. The molecular weight excluding hydrogens is 214 g/mol. The summed E-state index contributed by atoms with van der Waals surface area (Å²) in [5.74, 6) is 1.19. The second kappa shape index (κ2) is 4.22. The molecule has 0 aromatic rings. The third-order valence-electron chi connectivity index (χ3n) is 5.39. The van der Waals surface area contributed by atoms with Crippen molar-refractivity contribution >= 4 is 0 Å². The fourth-order valence-electron chi connectivity index (χ4n) is 4.37. The fourth-order valence-corrected chi connectivity index (χ4v) is 4.37. The van der Waals surface area contributed by atoms with E-state index in [2.05, 4.69) is 19.2 Å². The average Bonchev–Trinajstić information content (AvgIpc) is 2.93. The lowest BCUT2D eigenvalue weighted by molar-refractivity contribution is -0.116. The van der Waals surface area contributed by atoms with Crippen molar-refractivity contribution < 1.29 is 9.84 Å². The van der Waals surface area contributed by atoms with E-state index in [0.717, 1.165) is 6.61 Å². The summed E-state index contributed by atoms with van der Waals surface area (Å²) in [6, 6.07) is 1.12. The van der Waals surface area contributed by atoms with Crippen LogP contribution in [0.15, 0.2) is 0 Å². The van der Waals surface area contributed by atoms with Crippen LogP contribution in [0.3, 0.4) is 0 Å². The minimum Gasteiger partial charge on any atom is -0.396 e. The molecule has 2 aliphatic carbocycles. The van der Waals surface area contributed by atoms with E-state index in [1.165, 1.54) is 25.7 Å². The number of hydrogen-bond donors (Lipinski definition) is 2. The second-order valence-electron chi connectivity index (χ2n) is 6.69. The number of fused-ring (bicyclic) bond motifs is 1. The summed E-state index contributed by atoms with van der Waals surface area (Å²) >= 11 is 0. The molecule has 3 aliphatic rings. The van der Waals surface area contributed by atoms with Gasteiger partial charge in [0.25, 0.3) is 0 Å². The Morgan fingerprint density at radius 3 is 2.88 bits per heavy atom. The van der Waals surface area contributed by atoms with E-state index < -0.39 is 0 Å². The Bertz CT molecular complexity index is 292. The molecule has 1 saturated heterocycles. The lowest BCUT2D eigenvalue weighted by atomic mass is 9.57. The third-order valence-corrected chi connectivity index (χ3v) is 5.39. The molecule has 5 atom stereocenters. The summed E-state index contributed by atoms with van der Waals surface area (Å²) in [5, 5.41) is 13.2. The van der Waals surface area contributed by atoms with Gasteiger partial charge in [-0.1, -0.05) is 20.3 Å². The molecule has 1 heterocycles. The fraction of sp³-hybridized carbons (Fsp3) is 1.00. The molecule has 0 bridgehead atoms. The number of aliphatic hydroxyl groups is 1. The van der Waals surface area contributed by atoms with E-state index in [1.807, 2.05) is 0 Å². The zero-order valence-electron chi connectivity index (χ0n) is 11.0. The standard InChI is InChI=1S/C14H25NO2/c1-14(2)12(10-6-7-17-13(10)14)15-11-5-3-4-9(11)8-16/h9-13,15-16H,3-8H2,1-2H3. The highest BCUT2D eigenvalue weighted by Gasteiger charge is 2.59. The van der Waals surface area contributed by atoms with Gasteiger partial charge in [0.05, 0.1) is 6.10 Å². The Morgan fingerprint density at radius 1 is 1.29 bits per heavy atom. The Morgan fingerprint density at radius 2 is 2.12 bits per heavy atom. The molecule has 0 amide bonds. The molecule has 5 unspecified atom stereocenters. The Hall–Kier alpha value is -0.120. The average molecular weight is 239 g/mol. The summed E-state index contributed by atoms with van der Waals surface area (Å²) in [5.41, 5.74) is 0.268. The van der Waals surface area contributed by atoms with Gasteiger partial charge < -0.3 is 15.2 Å². The molecule has 3 heteroatoms. The number of nitrogens with one attached hydrogen (secondary N) is 1. The quantitative estimate of drug-likeness (QED) is 0.785. The summed E-state index contributed by atoms with van der Waals surface area (Å²) in [4.78, 5) is 0. The van der Waals surface area contributed by atoms with Gasteiger partial charge in [0.1, 0.15) is 0 Å². The first-order chi connectivity index (χ1) is 8.14. The van der Waals surface area contributed by atoms with E-state index in [-0.39, 0.29) is 5.41 Å². The van der Waals surface area contributed by atoms with Gasteiger partial charge in [-0.2, -0.15) is 0 Å². The van der Waals surface area contributed by atoms with Gasteiger partial charge in [0, 0.05) is 36.6 Å². The van der Waals surface area contributed by atoms with Crippen molar-refractivity contribution in [3.8, 4) is 0 Å². The number of rotatable bonds is 3. The molecule has 3 rings (SSSR count). The zero-order valence-corrected chi connectivity index (χ0v) is 11.0. The molecule has 2 saturated carbocycles.